The Labute approximate surface area is 156 Å². The second-order valence-electron chi connectivity index (χ2n) is 6.22. The smallest absolute Gasteiger partial charge is 0.261 e. The van der Waals surface area contributed by atoms with Gasteiger partial charge in [-0.15, -0.1) is 0 Å². The Hall–Kier alpha value is -3.35. The fraction of sp³-hybridized carbons (Fsp3) is 0.250. The maximum absolute atomic E-state index is 12.5. The Kier molecular flexibility index (Phi) is 5.12. The Bertz CT molecular complexity index is 923. The number of hydrogen-bond acceptors (Lipinski definition) is 5. The first-order valence-corrected chi connectivity index (χ1v) is 8.64. The topological polar surface area (TPSA) is 95.9 Å². The van der Waals surface area contributed by atoms with Gasteiger partial charge in [-0.1, -0.05) is 13.3 Å². The summed E-state index contributed by atoms with van der Waals surface area (Å²) in [6.45, 7) is 2.35. The van der Waals surface area contributed by atoms with E-state index in [0.717, 1.165) is 12.8 Å². The van der Waals surface area contributed by atoms with Gasteiger partial charge in [-0.3, -0.25) is 19.3 Å². The number of ether oxygens (including phenoxy) is 1. The number of nitrogens with zero attached hydrogens (tertiary/aromatic N) is 1. The largest absolute Gasteiger partial charge is 0.504 e. The molecule has 3 amide bonds. The molecule has 0 atom stereocenters. The minimum Gasteiger partial charge on any atom is -0.504 e. The fourth-order valence-electron chi connectivity index (χ4n) is 2.92. The number of carbonyl (C=O) groups is 3. The summed E-state index contributed by atoms with van der Waals surface area (Å²) in [7, 11) is 1.43. The van der Waals surface area contributed by atoms with Gasteiger partial charge < -0.3 is 15.2 Å². The lowest BCUT2D eigenvalue weighted by molar-refractivity contribution is 0.0652. The van der Waals surface area contributed by atoms with Crippen molar-refractivity contribution in [1.82, 2.24) is 4.90 Å². The summed E-state index contributed by atoms with van der Waals surface area (Å²) in [4.78, 5) is 38.5. The molecule has 0 spiro atoms. The average Bonchev–Trinajstić information content (AvgIpc) is 2.90. The second-order valence-corrected chi connectivity index (χ2v) is 6.22. The Morgan fingerprint density at radius 3 is 2.52 bits per heavy atom. The first kappa shape index (κ1) is 18.4. The molecule has 0 bridgehead atoms. The molecule has 0 aliphatic carbocycles. The predicted octanol–water partition coefficient (Wildman–Crippen LogP) is 3.05. The lowest BCUT2D eigenvalue weighted by Crippen LogP contribution is -2.30. The van der Waals surface area contributed by atoms with Crippen molar-refractivity contribution in [3.8, 4) is 11.5 Å². The zero-order chi connectivity index (χ0) is 19.6. The molecule has 27 heavy (non-hydrogen) atoms. The summed E-state index contributed by atoms with van der Waals surface area (Å²) >= 11 is 0. The van der Waals surface area contributed by atoms with E-state index in [9.17, 15) is 19.5 Å². The molecule has 7 heteroatoms. The van der Waals surface area contributed by atoms with Gasteiger partial charge in [0, 0.05) is 23.9 Å². The third-order valence-electron chi connectivity index (χ3n) is 4.40. The molecule has 1 heterocycles. The number of fused-ring (bicyclic) bond motifs is 1. The zero-order valence-corrected chi connectivity index (χ0v) is 15.1. The monoisotopic (exact) mass is 368 g/mol. The number of carbonyl (C=O) groups excluding carboxylic acids is 3. The van der Waals surface area contributed by atoms with Crippen LogP contribution < -0.4 is 10.1 Å². The van der Waals surface area contributed by atoms with Crippen LogP contribution in [-0.4, -0.2) is 41.4 Å². The Morgan fingerprint density at radius 2 is 1.85 bits per heavy atom. The number of methoxy groups -OCH3 is 1. The van der Waals surface area contributed by atoms with Crippen LogP contribution in [0.4, 0.5) is 5.69 Å². The molecule has 140 valence electrons. The number of hydrogen-bond donors (Lipinski definition) is 2. The molecule has 3 rings (SSSR count). The van der Waals surface area contributed by atoms with E-state index in [2.05, 4.69) is 5.32 Å². The first-order valence-electron chi connectivity index (χ1n) is 8.64. The summed E-state index contributed by atoms with van der Waals surface area (Å²) in [5.41, 5.74) is 1.18. The highest BCUT2D eigenvalue weighted by Crippen LogP contribution is 2.29. The van der Waals surface area contributed by atoms with Gasteiger partial charge in [-0.05, 0) is 36.8 Å². The van der Waals surface area contributed by atoms with Crippen LogP contribution in [0.15, 0.2) is 36.4 Å². The van der Waals surface area contributed by atoms with Crippen molar-refractivity contribution in [3.63, 3.8) is 0 Å². The van der Waals surface area contributed by atoms with E-state index < -0.39 is 5.91 Å². The Morgan fingerprint density at radius 1 is 1.11 bits per heavy atom. The van der Waals surface area contributed by atoms with Crippen molar-refractivity contribution >= 4 is 23.4 Å². The second kappa shape index (κ2) is 7.49. The number of phenolic OH excluding ortho intramolecular Hbond substituents is 1. The van der Waals surface area contributed by atoms with Crippen molar-refractivity contribution < 1.29 is 24.2 Å². The summed E-state index contributed by atoms with van der Waals surface area (Å²) in [5.74, 6) is -0.955. The molecule has 2 aromatic rings. The summed E-state index contributed by atoms with van der Waals surface area (Å²) in [6.07, 6.45) is 1.61. The molecule has 0 aromatic heterocycles. The molecule has 0 saturated carbocycles. The van der Waals surface area contributed by atoms with Gasteiger partial charge in [0.1, 0.15) is 0 Å². The molecule has 2 aromatic carbocycles. The minimum atomic E-state index is -0.449. The van der Waals surface area contributed by atoms with E-state index in [4.69, 9.17) is 4.74 Å². The zero-order valence-electron chi connectivity index (χ0n) is 15.1. The number of aromatic hydroxyl groups is 1. The maximum Gasteiger partial charge on any atom is 0.261 e. The van der Waals surface area contributed by atoms with Crippen LogP contribution in [0.1, 0.15) is 50.8 Å². The summed E-state index contributed by atoms with van der Waals surface area (Å²) in [6, 6.07) is 8.92. The van der Waals surface area contributed by atoms with Gasteiger partial charge in [-0.2, -0.15) is 0 Å². The van der Waals surface area contributed by atoms with Crippen LogP contribution in [0.25, 0.3) is 0 Å². The maximum atomic E-state index is 12.5. The number of imide groups is 1. The normalized spacial score (nSPS) is 12.9. The van der Waals surface area contributed by atoms with Gasteiger partial charge in [-0.25, -0.2) is 0 Å². The lowest BCUT2D eigenvalue weighted by atomic mass is 10.1. The molecule has 0 radical (unpaired) electrons. The molecular formula is C20H20N2O5. The van der Waals surface area contributed by atoms with Crippen LogP contribution in [0.3, 0.4) is 0 Å². The molecule has 0 saturated heterocycles. The van der Waals surface area contributed by atoms with E-state index in [1.807, 2.05) is 6.92 Å². The van der Waals surface area contributed by atoms with E-state index in [1.54, 1.807) is 6.07 Å². The van der Waals surface area contributed by atoms with Gasteiger partial charge in [0.2, 0.25) is 0 Å². The fourth-order valence-corrected chi connectivity index (χ4v) is 2.92. The lowest BCUT2D eigenvalue weighted by Gasteiger charge is -2.12. The highest BCUT2D eigenvalue weighted by atomic mass is 16.5. The van der Waals surface area contributed by atoms with E-state index in [1.165, 1.54) is 42.3 Å². The molecular weight excluding hydrogens is 348 g/mol. The van der Waals surface area contributed by atoms with Crippen molar-refractivity contribution in [2.24, 2.45) is 0 Å². The Balaban J connectivity index is 1.81. The van der Waals surface area contributed by atoms with E-state index in [0.29, 0.717) is 23.5 Å². The van der Waals surface area contributed by atoms with Gasteiger partial charge in [0.05, 0.1) is 18.2 Å². The number of phenols is 1. The number of unbranched alkanes of at least 4 members (excludes halogenated alkanes) is 1. The number of amides is 3. The number of rotatable bonds is 6. The quantitative estimate of drug-likeness (QED) is 0.764. The van der Waals surface area contributed by atoms with Gasteiger partial charge in [0.15, 0.2) is 11.5 Å². The molecule has 7 nitrogen and oxygen atoms in total. The molecule has 1 aliphatic rings. The van der Waals surface area contributed by atoms with E-state index in [-0.39, 0.29) is 28.7 Å². The predicted molar refractivity (Wildman–Crippen MR) is 99.3 cm³/mol. The molecule has 2 N–H and O–H groups in total. The third kappa shape index (κ3) is 3.48. The average molecular weight is 368 g/mol. The number of anilines is 1. The van der Waals surface area contributed by atoms with Gasteiger partial charge in [0.25, 0.3) is 17.7 Å². The highest BCUT2D eigenvalue weighted by molar-refractivity contribution is 6.22. The SMILES string of the molecule is CCCCN1C(=O)c2ccc(C(=O)Nc3ccc(OC)c(O)c3)cc2C1=O. The summed E-state index contributed by atoms with van der Waals surface area (Å²) in [5, 5.41) is 12.5. The molecule has 1 aliphatic heterocycles. The minimum absolute atomic E-state index is 0.100. The molecule has 0 unspecified atom stereocenters. The van der Waals surface area contributed by atoms with Crippen molar-refractivity contribution in [3.05, 3.63) is 53.1 Å². The third-order valence-corrected chi connectivity index (χ3v) is 4.40. The van der Waals surface area contributed by atoms with Crippen molar-refractivity contribution in [2.75, 3.05) is 19.0 Å². The molecule has 0 fully saturated rings. The number of nitrogens with one attached hydrogen (secondary N) is 1. The first-order chi connectivity index (χ1) is 13.0. The van der Waals surface area contributed by atoms with Gasteiger partial charge >= 0.3 is 0 Å². The van der Waals surface area contributed by atoms with Crippen molar-refractivity contribution in [2.45, 2.75) is 19.8 Å². The highest BCUT2D eigenvalue weighted by Gasteiger charge is 2.35. The van der Waals surface area contributed by atoms with Crippen LogP contribution >= 0.6 is 0 Å². The number of benzene rings is 2. The summed E-state index contributed by atoms with van der Waals surface area (Å²) < 4.78 is 4.96. The van der Waals surface area contributed by atoms with Crippen LogP contribution in [-0.2, 0) is 0 Å². The van der Waals surface area contributed by atoms with E-state index >= 15 is 0 Å². The van der Waals surface area contributed by atoms with Crippen LogP contribution in [0.2, 0.25) is 0 Å². The standard InChI is InChI=1S/C20H20N2O5/c1-3-4-9-22-19(25)14-7-5-12(10-15(14)20(22)26)18(24)21-13-6-8-17(27-2)16(23)11-13/h5-8,10-11,23H,3-4,9H2,1-2H3,(H,21,24). The van der Waals surface area contributed by atoms with Crippen molar-refractivity contribution in [1.29, 1.82) is 0 Å². The van der Waals surface area contributed by atoms with Crippen LogP contribution in [0, 0.1) is 0 Å². The van der Waals surface area contributed by atoms with Crippen LogP contribution in [0.5, 0.6) is 11.5 Å².